The quantitative estimate of drug-likeness (QED) is 0.552. The third kappa shape index (κ3) is 2.28. The molecule has 2 heteroatoms. The Labute approximate surface area is 125 Å². The molecule has 3 rings (SSSR count). The van der Waals surface area contributed by atoms with Gasteiger partial charge in [0.1, 0.15) is 0 Å². The number of alkyl halides is 2. The number of halogens is 2. The molecule has 0 radical (unpaired) electrons. The molecule has 1 aliphatic rings. The second-order valence-corrected chi connectivity index (χ2v) is 8.15. The maximum atomic E-state index is 3.56. The number of benzene rings is 2. The Kier molecular flexibility index (Phi) is 3.58. The Hall–Kier alpha value is -0.600. The normalized spacial score (nSPS) is 12.6. The van der Waals surface area contributed by atoms with Crippen LogP contribution in [0.4, 0.5) is 0 Å². The lowest BCUT2D eigenvalue weighted by molar-refractivity contribution is 0.905. The smallest absolute Gasteiger partial charge is 0.0701 e. The minimum absolute atomic E-state index is 0.407. The molecule has 0 nitrogen and oxygen atoms in total. The van der Waals surface area contributed by atoms with E-state index >= 15 is 0 Å². The van der Waals surface area contributed by atoms with Crippen molar-refractivity contribution >= 4 is 31.9 Å². The fourth-order valence-corrected chi connectivity index (χ4v) is 3.18. The van der Waals surface area contributed by atoms with Crippen LogP contribution in [0.2, 0.25) is 0 Å². The summed E-state index contributed by atoms with van der Waals surface area (Å²) in [6.45, 7) is 0. The van der Waals surface area contributed by atoms with Crippen molar-refractivity contribution < 1.29 is 0 Å². The molecule has 0 N–H and O–H groups in total. The second-order valence-electron chi connectivity index (χ2n) is 4.71. The molecule has 0 atom stereocenters. The Morgan fingerprint density at radius 1 is 0.944 bits per heavy atom. The van der Waals surface area contributed by atoms with Gasteiger partial charge in [0.05, 0.1) is 3.74 Å². The molecule has 2 aromatic carbocycles. The molecule has 0 saturated carbocycles. The van der Waals surface area contributed by atoms with Gasteiger partial charge in [-0.05, 0) is 47.1 Å². The van der Waals surface area contributed by atoms with Gasteiger partial charge in [0, 0.05) is 0 Å². The number of rotatable bonds is 3. The first-order valence-corrected chi connectivity index (χ1v) is 8.06. The van der Waals surface area contributed by atoms with Crippen LogP contribution in [-0.2, 0) is 12.8 Å². The molecule has 1 aliphatic carbocycles. The van der Waals surface area contributed by atoms with E-state index in [1.165, 1.54) is 27.8 Å². The molecule has 0 aliphatic heterocycles. The third-order valence-corrected chi connectivity index (χ3v) is 4.50. The molecule has 0 heterocycles. The van der Waals surface area contributed by atoms with Crippen molar-refractivity contribution in [2.45, 2.75) is 23.0 Å². The fourth-order valence-electron chi connectivity index (χ4n) is 2.72. The molecule has 0 spiro atoms. The highest BCUT2D eigenvalue weighted by Crippen LogP contribution is 2.38. The van der Waals surface area contributed by atoms with E-state index < -0.39 is 0 Å². The van der Waals surface area contributed by atoms with Gasteiger partial charge in [0.15, 0.2) is 0 Å². The van der Waals surface area contributed by atoms with Crippen LogP contribution in [0.3, 0.4) is 0 Å². The SMILES string of the molecule is BrC(Br)CCc1cccc2c1Cc1ccccc1-2. The lowest BCUT2D eigenvalue weighted by Crippen LogP contribution is -1.96. The summed E-state index contributed by atoms with van der Waals surface area (Å²) in [4.78, 5) is 0. The summed E-state index contributed by atoms with van der Waals surface area (Å²) in [6, 6.07) is 15.5. The van der Waals surface area contributed by atoms with E-state index in [0.29, 0.717) is 3.74 Å². The zero-order valence-electron chi connectivity index (χ0n) is 10.00. The van der Waals surface area contributed by atoms with E-state index in [-0.39, 0.29) is 0 Å². The summed E-state index contributed by atoms with van der Waals surface area (Å²) in [5.74, 6) is 0. The van der Waals surface area contributed by atoms with Crippen LogP contribution >= 0.6 is 31.9 Å². The molecule has 0 fully saturated rings. The number of hydrogen-bond acceptors (Lipinski definition) is 0. The highest BCUT2D eigenvalue weighted by atomic mass is 79.9. The maximum absolute atomic E-state index is 3.56. The van der Waals surface area contributed by atoms with E-state index in [4.69, 9.17) is 0 Å². The van der Waals surface area contributed by atoms with Crippen molar-refractivity contribution in [2.24, 2.45) is 0 Å². The van der Waals surface area contributed by atoms with Crippen LogP contribution in [0.5, 0.6) is 0 Å². The molecule has 0 bridgehead atoms. The van der Waals surface area contributed by atoms with Crippen molar-refractivity contribution in [3.63, 3.8) is 0 Å². The van der Waals surface area contributed by atoms with Gasteiger partial charge in [-0.3, -0.25) is 0 Å². The van der Waals surface area contributed by atoms with Crippen LogP contribution in [0, 0.1) is 0 Å². The highest BCUT2D eigenvalue weighted by molar-refractivity contribution is 9.24. The topological polar surface area (TPSA) is 0 Å². The molecule has 0 saturated heterocycles. The van der Waals surface area contributed by atoms with Crippen molar-refractivity contribution in [1.29, 1.82) is 0 Å². The van der Waals surface area contributed by atoms with E-state index in [1.54, 1.807) is 0 Å². The molecule has 18 heavy (non-hydrogen) atoms. The zero-order chi connectivity index (χ0) is 12.5. The van der Waals surface area contributed by atoms with Gasteiger partial charge in [-0.1, -0.05) is 74.3 Å². The fraction of sp³-hybridized carbons (Fsp3) is 0.250. The van der Waals surface area contributed by atoms with Crippen molar-refractivity contribution in [1.82, 2.24) is 0 Å². The maximum Gasteiger partial charge on any atom is 0.0701 e. The molecule has 0 aromatic heterocycles. The standard InChI is InChI=1S/C16H14Br2/c17-16(18)9-8-11-5-3-7-14-13-6-2-1-4-12(13)10-15(11)14/h1-7,16H,8-10H2. The highest BCUT2D eigenvalue weighted by Gasteiger charge is 2.20. The number of hydrogen-bond donors (Lipinski definition) is 0. The lowest BCUT2D eigenvalue weighted by atomic mass is 9.98. The first kappa shape index (κ1) is 12.4. The van der Waals surface area contributed by atoms with Crippen molar-refractivity contribution in [3.8, 4) is 11.1 Å². The average Bonchev–Trinajstić information content (AvgIpc) is 2.75. The van der Waals surface area contributed by atoms with Gasteiger partial charge in [-0.2, -0.15) is 0 Å². The van der Waals surface area contributed by atoms with Gasteiger partial charge >= 0.3 is 0 Å². The van der Waals surface area contributed by atoms with Crippen LogP contribution in [0.25, 0.3) is 11.1 Å². The third-order valence-electron chi connectivity index (χ3n) is 3.58. The monoisotopic (exact) mass is 364 g/mol. The Balaban J connectivity index is 1.98. The number of fused-ring (bicyclic) bond motifs is 3. The van der Waals surface area contributed by atoms with E-state index in [2.05, 4.69) is 74.3 Å². The Bertz CT molecular complexity index is 573. The summed E-state index contributed by atoms with van der Waals surface area (Å²) < 4.78 is 0.407. The first-order valence-electron chi connectivity index (χ1n) is 6.23. The van der Waals surface area contributed by atoms with Crippen LogP contribution < -0.4 is 0 Å². The van der Waals surface area contributed by atoms with Crippen molar-refractivity contribution in [3.05, 3.63) is 59.2 Å². The van der Waals surface area contributed by atoms with Gasteiger partial charge < -0.3 is 0 Å². The lowest BCUT2D eigenvalue weighted by Gasteiger charge is -2.09. The second kappa shape index (κ2) is 5.18. The Morgan fingerprint density at radius 3 is 2.56 bits per heavy atom. The summed E-state index contributed by atoms with van der Waals surface area (Å²) in [5.41, 5.74) is 7.34. The van der Waals surface area contributed by atoms with Gasteiger partial charge in [0.2, 0.25) is 0 Å². The number of aryl methyl sites for hydroxylation is 1. The summed E-state index contributed by atoms with van der Waals surface area (Å²) in [5, 5.41) is 0. The zero-order valence-corrected chi connectivity index (χ0v) is 13.2. The van der Waals surface area contributed by atoms with E-state index in [1.807, 2.05) is 0 Å². The Morgan fingerprint density at radius 2 is 1.72 bits per heavy atom. The minimum Gasteiger partial charge on any atom is -0.0765 e. The predicted octanol–water partition coefficient (Wildman–Crippen LogP) is 5.31. The summed E-state index contributed by atoms with van der Waals surface area (Å²) in [7, 11) is 0. The van der Waals surface area contributed by atoms with Gasteiger partial charge in [-0.15, -0.1) is 0 Å². The molecular formula is C16H14Br2. The summed E-state index contributed by atoms with van der Waals surface area (Å²) in [6.07, 6.45) is 3.34. The van der Waals surface area contributed by atoms with Crippen LogP contribution in [-0.4, -0.2) is 3.74 Å². The van der Waals surface area contributed by atoms with Gasteiger partial charge in [0.25, 0.3) is 0 Å². The van der Waals surface area contributed by atoms with Crippen LogP contribution in [0.1, 0.15) is 23.1 Å². The minimum atomic E-state index is 0.407. The largest absolute Gasteiger partial charge is 0.0765 e. The average molecular weight is 366 g/mol. The molecular weight excluding hydrogens is 352 g/mol. The van der Waals surface area contributed by atoms with Crippen LogP contribution in [0.15, 0.2) is 42.5 Å². The van der Waals surface area contributed by atoms with Crippen molar-refractivity contribution in [2.75, 3.05) is 0 Å². The van der Waals surface area contributed by atoms with E-state index in [9.17, 15) is 0 Å². The molecule has 2 aromatic rings. The summed E-state index contributed by atoms with van der Waals surface area (Å²) >= 11 is 7.11. The molecule has 92 valence electrons. The molecule has 0 amide bonds. The van der Waals surface area contributed by atoms with E-state index in [0.717, 1.165) is 19.3 Å². The van der Waals surface area contributed by atoms with Gasteiger partial charge in [-0.25, -0.2) is 0 Å². The first-order chi connectivity index (χ1) is 8.75. The molecule has 0 unspecified atom stereocenters. The predicted molar refractivity (Wildman–Crippen MR) is 84.6 cm³/mol.